The molecule has 0 spiro atoms. The third kappa shape index (κ3) is 6.78. The van der Waals surface area contributed by atoms with E-state index in [0.717, 1.165) is 28.9 Å². The Hall–Kier alpha value is -0.0500. The Bertz CT molecular complexity index is 421. The first-order valence-corrected chi connectivity index (χ1v) is 7.95. The van der Waals surface area contributed by atoms with Crippen molar-refractivity contribution in [3.63, 3.8) is 0 Å². The van der Waals surface area contributed by atoms with Crippen LogP contribution in [0.25, 0.3) is 0 Å². The summed E-state index contributed by atoms with van der Waals surface area (Å²) in [6, 6.07) is 6.15. The molecule has 0 amide bonds. The van der Waals surface area contributed by atoms with Gasteiger partial charge in [0.25, 0.3) is 0 Å². The van der Waals surface area contributed by atoms with Gasteiger partial charge in [0.2, 0.25) is 0 Å². The van der Waals surface area contributed by atoms with Crippen LogP contribution in [0.2, 0.25) is 5.02 Å². The molecule has 1 N–H and O–H groups in total. The smallest absolute Gasteiger partial charge is 0.0449 e. The SMILES string of the molecule is CC(C)(CCNC(C)(C)C)Cc1ccc(Br)cc1Cl. The summed E-state index contributed by atoms with van der Waals surface area (Å²) in [6.45, 7) is 12.2. The van der Waals surface area contributed by atoms with Crippen molar-refractivity contribution in [2.75, 3.05) is 6.54 Å². The second kappa shape index (κ2) is 6.60. The van der Waals surface area contributed by atoms with Crippen molar-refractivity contribution in [2.24, 2.45) is 5.41 Å². The van der Waals surface area contributed by atoms with E-state index in [1.54, 1.807) is 0 Å². The van der Waals surface area contributed by atoms with Crippen LogP contribution in [-0.4, -0.2) is 12.1 Å². The predicted octanol–water partition coefficient (Wildman–Crippen LogP) is 5.45. The molecule has 1 rings (SSSR count). The highest BCUT2D eigenvalue weighted by atomic mass is 79.9. The molecule has 0 bridgehead atoms. The third-order valence-electron chi connectivity index (χ3n) is 3.14. The molecule has 0 unspecified atom stereocenters. The molecule has 0 aliphatic carbocycles. The molecule has 0 fully saturated rings. The highest BCUT2D eigenvalue weighted by Crippen LogP contribution is 2.30. The Balaban J connectivity index is 2.58. The van der Waals surface area contributed by atoms with E-state index >= 15 is 0 Å². The summed E-state index contributed by atoms with van der Waals surface area (Å²) >= 11 is 9.74. The molecule has 1 nitrogen and oxygen atoms in total. The van der Waals surface area contributed by atoms with Gasteiger partial charge >= 0.3 is 0 Å². The van der Waals surface area contributed by atoms with Gasteiger partial charge < -0.3 is 5.32 Å². The highest BCUT2D eigenvalue weighted by Gasteiger charge is 2.20. The summed E-state index contributed by atoms with van der Waals surface area (Å²) in [7, 11) is 0. The molecule has 0 radical (unpaired) electrons. The lowest BCUT2D eigenvalue weighted by Gasteiger charge is -2.28. The fourth-order valence-electron chi connectivity index (χ4n) is 2.04. The normalized spacial score (nSPS) is 12.8. The fourth-order valence-corrected chi connectivity index (χ4v) is 2.79. The quantitative estimate of drug-likeness (QED) is 0.747. The van der Waals surface area contributed by atoms with Gasteiger partial charge in [0.15, 0.2) is 0 Å². The van der Waals surface area contributed by atoms with Crippen molar-refractivity contribution in [1.29, 1.82) is 0 Å². The maximum atomic E-state index is 6.30. The molecule has 19 heavy (non-hydrogen) atoms. The Morgan fingerprint density at radius 1 is 1.16 bits per heavy atom. The molecule has 1 aromatic rings. The monoisotopic (exact) mass is 345 g/mol. The molecule has 1 aromatic carbocycles. The minimum absolute atomic E-state index is 0.186. The van der Waals surface area contributed by atoms with Gasteiger partial charge in [0.1, 0.15) is 0 Å². The summed E-state index contributed by atoms with van der Waals surface area (Å²) in [5.41, 5.74) is 1.66. The molecule has 3 heteroatoms. The average Bonchev–Trinajstić information content (AvgIpc) is 2.20. The van der Waals surface area contributed by atoms with E-state index < -0.39 is 0 Å². The van der Waals surface area contributed by atoms with E-state index in [1.165, 1.54) is 5.56 Å². The van der Waals surface area contributed by atoms with Crippen LogP contribution in [0.3, 0.4) is 0 Å². The van der Waals surface area contributed by atoms with Crippen LogP contribution in [0.1, 0.15) is 46.6 Å². The lowest BCUT2D eigenvalue weighted by molar-refractivity contribution is 0.302. The molecule has 0 heterocycles. The number of rotatable bonds is 5. The number of hydrogen-bond acceptors (Lipinski definition) is 1. The van der Waals surface area contributed by atoms with Crippen LogP contribution in [0.5, 0.6) is 0 Å². The van der Waals surface area contributed by atoms with Crippen molar-refractivity contribution in [3.05, 3.63) is 33.3 Å². The minimum atomic E-state index is 0.186. The first-order valence-electron chi connectivity index (χ1n) is 6.78. The Morgan fingerprint density at radius 3 is 2.32 bits per heavy atom. The molecular formula is C16H25BrClN. The van der Waals surface area contributed by atoms with Gasteiger partial charge in [-0.05, 0) is 63.3 Å². The number of benzene rings is 1. The minimum Gasteiger partial charge on any atom is -0.312 e. The molecule has 0 saturated heterocycles. The van der Waals surface area contributed by atoms with Gasteiger partial charge in [-0.1, -0.05) is 47.4 Å². The van der Waals surface area contributed by atoms with Crippen molar-refractivity contribution in [1.82, 2.24) is 5.32 Å². The van der Waals surface area contributed by atoms with E-state index in [9.17, 15) is 0 Å². The molecular weight excluding hydrogens is 322 g/mol. The maximum absolute atomic E-state index is 6.30. The van der Waals surface area contributed by atoms with E-state index in [2.05, 4.69) is 68.0 Å². The molecule has 108 valence electrons. The van der Waals surface area contributed by atoms with Crippen molar-refractivity contribution >= 4 is 27.5 Å². The average molecular weight is 347 g/mol. The topological polar surface area (TPSA) is 12.0 Å². The first-order chi connectivity index (χ1) is 8.59. The maximum Gasteiger partial charge on any atom is 0.0449 e. The van der Waals surface area contributed by atoms with Gasteiger partial charge in [0, 0.05) is 15.0 Å². The summed E-state index contributed by atoms with van der Waals surface area (Å²) in [6.07, 6.45) is 2.14. The van der Waals surface area contributed by atoms with Gasteiger partial charge in [0.05, 0.1) is 0 Å². The van der Waals surface area contributed by atoms with E-state index in [1.807, 2.05) is 6.07 Å². The van der Waals surface area contributed by atoms with Gasteiger partial charge in [-0.2, -0.15) is 0 Å². The summed E-state index contributed by atoms with van der Waals surface area (Å²) in [5, 5.41) is 4.40. The van der Waals surface area contributed by atoms with Gasteiger partial charge in [-0.15, -0.1) is 0 Å². The van der Waals surface area contributed by atoms with Crippen LogP contribution in [0.4, 0.5) is 0 Å². The zero-order valence-corrected chi connectivity index (χ0v) is 15.0. The first kappa shape index (κ1) is 17.0. The lowest BCUT2D eigenvalue weighted by Crippen LogP contribution is -2.38. The summed E-state index contributed by atoms with van der Waals surface area (Å²) in [5.74, 6) is 0. The van der Waals surface area contributed by atoms with E-state index in [-0.39, 0.29) is 11.0 Å². The molecule has 0 aliphatic rings. The Morgan fingerprint density at radius 2 is 1.79 bits per heavy atom. The number of halogens is 2. The molecule has 0 atom stereocenters. The number of hydrogen-bond donors (Lipinski definition) is 1. The lowest BCUT2D eigenvalue weighted by atomic mass is 9.82. The predicted molar refractivity (Wildman–Crippen MR) is 89.0 cm³/mol. The summed E-state index contributed by atoms with van der Waals surface area (Å²) in [4.78, 5) is 0. The molecule has 0 aliphatic heterocycles. The van der Waals surface area contributed by atoms with Crippen molar-refractivity contribution in [3.8, 4) is 0 Å². The fraction of sp³-hybridized carbons (Fsp3) is 0.625. The van der Waals surface area contributed by atoms with Crippen LogP contribution < -0.4 is 5.32 Å². The standard InChI is InChI=1S/C16H25BrClN/c1-15(2,3)19-9-8-16(4,5)11-12-6-7-13(17)10-14(12)18/h6-7,10,19H,8-9,11H2,1-5H3. The third-order valence-corrected chi connectivity index (χ3v) is 3.99. The van der Waals surface area contributed by atoms with E-state index in [4.69, 9.17) is 11.6 Å². The van der Waals surface area contributed by atoms with E-state index in [0.29, 0.717) is 0 Å². The van der Waals surface area contributed by atoms with Crippen molar-refractivity contribution < 1.29 is 0 Å². The molecule has 0 saturated carbocycles. The second-order valence-electron chi connectivity index (χ2n) is 7.00. The number of nitrogens with one attached hydrogen (secondary N) is 1. The zero-order valence-electron chi connectivity index (χ0n) is 12.6. The molecule has 0 aromatic heterocycles. The van der Waals surface area contributed by atoms with Gasteiger partial charge in [-0.3, -0.25) is 0 Å². The second-order valence-corrected chi connectivity index (χ2v) is 8.33. The highest BCUT2D eigenvalue weighted by molar-refractivity contribution is 9.10. The van der Waals surface area contributed by atoms with Gasteiger partial charge in [-0.25, -0.2) is 0 Å². The van der Waals surface area contributed by atoms with Crippen molar-refractivity contribution in [2.45, 2.75) is 53.0 Å². The van der Waals surface area contributed by atoms with Crippen LogP contribution in [-0.2, 0) is 6.42 Å². The van der Waals surface area contributed by atoms with Crippen LogP contribution in [0.15, 0.2) is 22.7 Å². The van der Waals surface area contributed by atoms with Crippen LogP contribution in [0, 0.1) is 5.41 Å². The Kier molecular flexibility index (Phi) is 5.91. The Labute approximate surface area is 131 Å². The zero-order chi connectivity index (χ0) is 14.7. The largest absolute Gasteiger partial charge is 0.312 e. The summed E-state index contributed by atoms with van der Waals surface area (Å²) < 4.78 is 1.04. The van der Waals surface area contributed by atoms with Crippen LogP contribution >= 0.6 is 27.5 Å².